The number of nitrogens with zero attached hydrogens (tertiary/aromatic N) is 1. The lowest BCUT2D eigenvalue weighted by Crippen LogP contribution is -2.30. The smallest absolute Gasteiger partial charge is 0.325 e. The summed E-state index contributed by atoms with van der Waals surface area (Å²) in [5.74, 6) is 0.413. The van der Waals surface area contributed by atoms with Crippen LogP contribution in [0, 0.1) is 0 Å². The average Bonchev–Trinajstić information content (AvgIpc) is 2.37. The quantitative estimate of drug-likeness (QED) is 0.567. The van der Waals surface area contributed by atoms with Crippen LogP contribution in [0.4, 0.5) is 4.79 Å². The molecule has 0 aromatic carbocycles. The van der Waals surface area contributed by atoms with Crippen LogP contribution in [0.1, 0.15) is 0 Å². The molecule has 0 aromatic heterocycles. The van der Waals surface area contributed by atoms with E-state index < -0.39 is 0 Å². The average molecular weight is 175 g/mol. The van der Waals surface area contributed by atoms with E-state index in [1.165, 1.54) is 23.8 Å². The lowest BCUT2D eigenvalue weighted by Gasteiger charge is -2.11. The van der Waals surface area contributed by atoms with Crippen LogP contribution in [0.15, 0.2) is 0 Å². The van der Waals surface area contributed by atoms with Crippen molar-refractivity contribution in [2.75, 3.05) is 26.0 Å². The largest absolute Gasteiger partial charge is 0.468 e. The Morgan fingerprint density at radius 3 is 3.00 bits per heavy atom. The molecular formula is C6H9NO3S. The normalized spacial score (nSPS) is 17.2. The molecule has 0 spiro atoms. The summed E-state index contributed by atoms with van der Waals surface area (Å²) in [7, 11) is 1.32. The fraction of sp³-hybridized carbons (Fsp3) is 0.667. The zero-order valence-corrected chi connectivity index (χ0v) is 7.02. The van der Waals surface area contributed by atoms with Crippen molar-refractivity contribution in [2.45, 2.75) is 0 Å². The first-order valence-corrected chi connectivity index (χ1v) is 4.21. The molecule has 62 valence electrons. The molecule has 5 heteroatoms. The fourth-order valence-electron chi connectivity index (χ4n) is 0.790. The maximum Gasteiger partial charge on any atom is 0.325 e. The number of methoxy groups -OCH3 is 1. The van der Waals surface area contributed by atoms with Gasteiger partial charge in [-0.15, -0.1) is 0 Å². The number of hydrogen-bond acceptors (Lipinski definition) is 4. The highest BCUT2D eigenvalue weighted by molar-refractivity contribution is 8.13. The Bertz CT molecular complexity index is 183. The van der Waals surface area contributed by atoms with E-state index in [4.69, 9.17) is 0 Å². The van der Waals surface area contributed by atoms with Crippen LogP contribution >= 0.6 is 11.8 Å². The summed E-state index contributed by atoms with van der Waals surface area (Å²) in [5.41, 5.74) is 0. The molecule has 1 saturated heterocycles. The molecule has 0 aliphatic carbocycles. The van der Waals surface area contributed by atoms with Gasteiger partial charge in [-0.3, -0.25) is 9.59 Å². The van der Waals surface area contributed by atoms with Gasteiger partial charge < -0.3 is 9.64 Å². The number of amides is 1. The second-order valence-corrected chi connectivity index (χ2v) is 3.16. The van der Waals surface area contributed by atoms with Crippen LogP contribution < -0.4 is 0 Å². The van der Waals surface area contributed by atoms with Gasteiger partial charge in [0.05, 0.1) is 7.11 Å². The minimum absolute atomic E-state index is 0.0320. The molecule has 0 bridgehead atoms. The molecule has 1 amide bonds. The molecule has 0 aromatic rings. The topological polar surface area (TPSA) is 46.6 Å². The SMILES string of the molecule is COC(=O)CN1CCSC1=O. The van der Waals surface area contributed by atoms with Gasteiger partial charge in [-0.1, -0.05) is 11.8 Å². The van der Waals surface area contributed by atoms with E-state index in [1.54, 1.807) is 0 Å². The van der Waals surface area contributed by atoms with Gasteiger partial charge in [0, 0.05) is 12.3 Å². The number of thioether (sulfide) groups is 1. The summed E-state index contributed by atoms with van der Waals surface area (Å²) in [6, 6.07) is 0. The van der Waals surface area contributed by atoms with Crippen molar-refractivity contribution in [1.29, 1.82) is 0 Å². The third kappa shape index (κ3) is 2.11. The van der Waals surface area contributed by atoms with Gasteiger partial charge in [0.1, 0.15) is 6.54 Å². The van der Waals surface area contributed by atoms with E-state index in [0.29, 0.717) is 6.54 Å². The molecule has 1 aliphatic rings. The molecule has 0 unspecified atom stereocenters. The summed E-state index contributed by atoms with van der Waals surface area (Å²) in [5, 5.41) is -0.0320. The first kappa shape index (κ1) is 8.39. The molecule has 0 atom stereocenters. The Labute approximate surface area is 68.9 Å². The van der Waals surface area contributed by atoms with Crippen molar-refractivity contribution in [2.24, 2.45) is 0 Å². The predicted molar refractivity (Wildman–Crippen MR) is 41.4 cm³/mol. The van der Waals surface area contributed by atoms with Crippen LogP contribution in [0.2, 0.25) is 0 Å². The Morgan fingerprint density at radius 1 is 1.82 bits per heavy atom. The predicted octanol–water partition coefficient (Wildman–Crippen LogP) is 0.328. The van der Waals surface area contributed by atoms with Gasteiger partial charge in [0.2, 0.25) is 0 Å². The molecule has 4 nitrogen and oxygen atoms in total. The Hall–Kier alpha value is -0.710. The van der Waals surface area contributed by atoms with E-state index in [0.717, 1.165) is 5.75 Å². The minimum Gasteiger partial charge on any atom is -0.468 e. The third-order valence-electron chi connectivity index (χ3n) is 1.39. The monoisotopic (exact) mass is 175 g/mol. The van der Waals surface area contributed by atoms with Gasteiger partial charge in [0.15, 0.2) is 0 Å². The minimum atomic E-state index is -0.360. The molecule has 1 fully saturated rings. The second-order valence-electron chi connectivity index (χ2n) is 2.11. The summed E-state index contributed by atoms with van der Waals surface area (Å²) in [4.78, 5) is 23.1. The Balaban J connectivity index is 2.36. The molecule has 1 aliphatic heterocycles. The van der Waals surface area contributed by atoms with Gasteiger partial charge in [-0.05, 0) is 0 Å². The highest BCUT2D eigenvalue weighted by Crippen LogP contribution is 2.16. The molecule has 0 N–H and O–H groups in total. The summed E-state index contributed by atoms with van der Waals surface area (Å²) in [6.45, 7) is 0.737. The molecule has 1 rings (SSSR count). The van der Waals surface area contributed by atoms with Gasteiger partial charge >= 0.3 is 5.97 Å². The van der Waals surface area contributed by atoms with Crippen LogP contribution in [0.25, 0.3) is 0 Å². The maximum absolute atomic E-state index is 10.9. The highest BCUT2D eigenvalue weighted by Gasteiger charge is 2.23. The summed E-state index contributed by atoms with van der Waals surface area (Å²) in [6.07, 6.45) is 0. The van der Waals surface area contributed by atoms with E-state index in [-0.39, 0.29) is 17.8 Å². The van der Waals surface area contributed by atoms with Gasteiger partial charge in [-0.25, -0.2) is 0 Å². The number of rotatable bonds is 2. The molecule has 1 heterocycles. The van der Waals surface area contributed by atoms with Crippen LogP contribution in [-0.2, 0) is 9.53 Å². The van der Waals surface area contributed by atoms with Crippen molar-refractivity contribution >= 4 is 23.0 Å². The fourth-order valence-corrected chi connectivity index (χ4v) is 1.61. The molecule has 11 heavy (non-hydrogen) atoms. The standard InChI is InChI=1S/C6H9NO3S/c1-10-5(8)4-7-2-3-11-6(7)9/h2-4H2,1H3. The Morgan fingerprint density at radius 2 is 2.55 bits per heavy atom. The van der Waals surface area contributed by atoms with Crippen LogP contribution in [0.5, 0.6) is 0 Å². The van der Waals surface area contributed by atoms with E-state index >= 15 is 0 Å². The van der Waals surface area contributed by atoms with E-state index in [1.807, 2.05) is 0 Å². The molecule has 0 radical (unpaired) electrons. The third-order valence-corrected chi connectivity index (χ3v) is 2.28. The lowest BCUT2D eigenvalue weighted by atomic mass is 10.5. The van der Waals surface area contributed by atoms with Gasteiger partial charge in [-0.2, -0.15) is 0 Å². The van der Waals surface area contributed by atoms with Crippen molar-refractivity contribution in [1.82, 2.24) is 4.90 Å². The maximum atomic E-state index is 10.9. The lowest BCUT2D eigenvalue weighted by molar-refractivity contribution is -0.141. The van der Waals surface area contributed by atoms with Crippen molar-refractivity contribution in [3.05, 3.63) is 0 Å². The summed E-state index contributed by atoms with van der Waals surface area (Å²) >= 11 is 1.24. The highest BCUT2D eigenvalue weighted by atomic mass is 32.2. The second kappa shape index (κ2) is 3.61. The van der Waals surface area contributed by atoms with Gasteiger partial charge in [0.25, 0.3) is 5.24 Å². The van der Waals surface area contributed by atoms with Crippen molar-refractivity contribution in [3.63, 3.8) is 0 Å². The zero-order valence-electron chi connectivity index (χ0n) is 6.20. The van der Waals surface area contributed by atoms with Crippen molar-refractivity contribution < 1.29 is 14.3 Å². The molecular weight excluding hydrogens is 166 g/mol. The summed E-state index contributed by atoms with van der Waals surface area (Å²) < 4.78 is 4.42. The van der Waals surface area contributed by atoms with Crippen molar-refractivity contribution in [3.8, 4) is 0 Å². The van der Waals surface area contributed by atoms with Crippen LogP contribution in [-0.4, -0.2) is 42.1 Å². The first-order valence-electron chi connectivity index (χ1n) is 3.22. The van der Waals surface area contributed by atoms with Crippen LogP contribution in [0.3, 0.4) is 0 Å². The zero-order chi connectivity index (χ0) is 8.27. The number of hydrogen-bond donors (Lipinski definition) is 0. The first-order chi connectivity index (χ1) is 5.24. The van der Waals surface area contributed by atoms with E-state index in [9.17, 15) is 9.59 Å². The Kier molecular flexibility index (Phi) is 2.76. The number of carbonyl (C=O) groups excluding carboxylic acids is 2. The number of carbonyl (C=O) groups is 2. The van der Waals surface area contributed by atoms with E-state index in [2.05, 4.69) is 4.74 Å². The number of ether oxygens (including phenoxy) is 1. The number of esters is 1. The molecule has 0 saturated carbocycles.